The Bertz CT molecular complexity index is 1870. The van der Waals surface area contributed by atoms with Gasteiger partial charge in [0.05, 0.1) is 17.3 Å². The van der Waals surface area contributed by atoms with Crippen molar-refractivity contribution in [1.82, 2.24) is 30.0 Å². The van der Waals surface area contributed by atoms with Gasteiger partial charge in [-0.2, -0.15) is 5.10 Å². The number of benzene rings is 3. The predicted octanol–water partition coefficient (Wildman–Crippen LogP) is 5.36. The summed E-state index contributed by atoms with van der Waals surface area (Å²) in [5, 5.41) is 8.14. The molecule has 7 rings (SSSR count). The molecule has 3 N–H and O–H groups in total. The molecule has 228 valence electrons. The molecule has 5 aromatic rings. The Morgan fingerprint density at radius 1 is 0.933 bits per heavy atom. The molecule has 2 aliphatic rings. The molecule has 2 aliphatic heterocycles. The first-order valence-corrected chi connectivity index (χ1v) is 15.1. The Kier molecular flexibility index (Phi) is 7.68. The highest BCUT2D eigenvalue weighted by Crippen LogP contribution is 2.36. The topological polar surface area (TPSA) is 128 Å². The second kappa shape index (κ2) is 12.1. The molecule has 11 heteroatoms. The van der Waals surface area contributed by atoms with Gasteiger partial charge in [0.25, 0.3) is 0 Å². The average Bonchev–Trinajstić information content (AvgIpc) is 3.44. The third-order valence-corrected chi connectivity index (χ3v) is 8.64. The van der Waals surface area contributed by atoms with Crippen molar-refractivity contribution in [3.8, 4) is 22.8 Å². The number of nitrogen functional groups attached to an aromatic ring is 1. The number of carbonyl (C=O) groups is 2. The van der Waals surface area contributed by atoms with Gasteiger partial charge in [-0.05, 0) is 78.9 Å². The maximum Gasteiger partial charge on any atom is 0.234 e. The smallest absolute Gasteiger partial charge is 0.234 e. The summed E-state index contributed by atoms with van der Waals surface area (Å²) in [5.74, 6) is 0.273. The highest BCUT2D eigenvalue weighted by Gasteiger charge is 2.31. The molecule has 2 amide bonds. The minimum absolute atomic E-state index is 0.0929. The summed E-state index contributed by atoms with van der Waals surface area (Å²) >= 11 is 0. The van der Waals surface area contributed by atoms with E-state index in [1.165, 1.54) is 18.5 Å². The summed E-state index contributed by atoms with van der Waals surface area (Å²) in [4.78, 5) is 35.4. The zero-order valence-electron chi connectivity index (χ0n) is 24.5. The van der Waals surface area contributed by atoms with Gasteiger partial charge >= 0.3 is 0 Å². The molecule has 2 saturated heterocycles. The molecule has 0 aliphatic carbocycles. The lowest BCUT2D eigenvalue weighted by molar-refractivity contribution is -0.134. The molecule has 0 radical (unpaired) electrons. The van der Waals surface area contributed by atoms with Crippen molar-refractivity contribution in [1.29, 1.82) is 0 Å². The van der Waals surface area contributed by atoms with Gasteiger partial charge in [0, 0.05) is 31.6 Å². The van der Waals surface area contributed by atoms with E-state index < -0.39 is 11.7 Å². The van der Waals surface area contributed by atoms with Gasteiger partial charge in [0.15, 0.2) is 5.65 Å². The van der Waals surface area contributed by atoms with Crippen LogP contribution in [0.5, 0.6) is 11.5 Å². The normalized spacial score (nSPS) is 17.8. The molecule has 2 fully saturated rings. The fourth-order valence-electron chi connectivity index (χ4n) is 6.34. The number of rotatable bonds is 7. The number of carbonyl (C=O) groups excluding carboxylic acids is 2. The number of halogens is 1. The van der Waals surface area contributed by atoms with Crippen LogP contribution in [0.15, 0.2) is 79.1 Å². The summed E-state index contributed by atoms with van der Waals surface area (Å²) in [7, 11) is 0. The first-order valence-electron chi connectivity index (χ1n) is 15.1. The van der Waals surface area contributed by atoms with Crippen LogP contribution in [0.25, 0.3) is 22.3 Å². The molecule has 1 unspecified atom stereocenters. The fourth-order valence-corrected chi connectivity index (χ4v) is 6.34. The number of ether oxygens (including phenoxy) is 1. The quantitative estimate of drug-likeness (QED) is 0.237. The van der Waals surface area contributed by atoms with Gasteiger partial charge < -0.3 is 10.5 Å². The molecule has 10 nitrogen and oxygen atoms in total. The van der Waals surface area contributed by atoms with Gasteiger partial charge in [0.2, 0.25) is 11.8 Å². The summed E-state index contributed by atoms with van der Waals surface area (Å²) < 4.78 is 22.2. The number of hydrogen-bond donors (Lipinski definition) is 2. The van der Waals surface area contributed by atoms with Crippen molar-refractivity contribution in [2.45, 2.75) is 44.2 Å². The van der Waals surface area contributed by atoms with E-state index in [0.717, 1.165) is 53.9 Å². The molecular formula is C34H32FN7O3. The average molecular weight is 606 g/mol. The first-order chi connectivity index (χ1) is 21.9. The fraction of sp³-hybridized carbons (Fsp3) is 0.265. The molecular weight excluding hydrogens is 573 g/mol. The number of amides is 2. The van der Waals surface area contributed by atoms with E-state index in [4.69, 9.17) is 15.6 Å². The zero-order chi connectivity index (χ0) is 30.9. The Labute approximate surface area is 259 Å². The maximum absolute atomic E-state index is 14.3. The molecule has 2 aromatic heterocycles. The van der Waals surface area contributed by atoms with Gasteiger partial charge in [-0.3, -0.25) is 19.8 Å². The van der Waals surface area contributed by atoms with Gasteiger partial charge in [0.1, 0.15) is 35.2 Å². The van der Waals surface area contributed by atoms with Gasteiger partial charge in [-0.25, -0.2) is 19.0 Å². The van der Waals surface area contributed by atoms with Crippen molar-refractivity contribution in [3.63, 3.8) is 0 Å². The first kappa shape index (κ1) is 28.6. The number of fused-ring (bicyclic) bond motifs is 1. The van der Waals surface area contributed by atoms with Crippen molar-refractivity contribution in [2.75, 3.05) is 18.8 Å². The Balaban J connectivity index is 1.09. The van der Waals surface area contributed by atoms with Crippen LogP contribution in [0.4, 0.5) is 10.2 Å². The number of likely N-dealkylation sites (tertiary alicyclic amines) is 1. The largest absolute Gasteiger partial charge is 0.457 e. The second-order valence-corrected chi connectivity index (χ2v) is 11.5. The molecule has 0 bridgehead atoms. The number of anilines is 1. The van der Waals surface area contributed by atoms with Gasteiger partial charge in [-0.1, -0.05) is 24.3 Å². The lowest BCUT2D eigenvalue weighted by Gasteiger charge is -2.33. The summed E-state index contributed by atoms with van der Waals surface area (Å²) in [6.45, 7) is 2.14. The summed E-state index contributed by atoms with van der Waals surface area (Å²) in [6, 6.07) is 22.1. The lowest BCUT2D eigenvalue weighted by atomic mass is 9.87. The lowest BCUT2D eigenvalue weighted by Crippen LogP contribution is -2.40. The van der Waals surface area contributed by atoms with E-state index in [1.54, 1.807) is 6.07 Å². The molecule has 0 saturated carbocycles. The van der Waals surface area contributed by atoms with E-state index >= 15 is 0 Å². The third kappa shape index (κ3) is 5.86. The second-order valence-electron chi connectivity index (χ2n) is 11.5. The van der Waals surface area contributed by atoms with Crippen molar-refractivity contribution in [3.05, 3.63) is 96.1 Å². The van der Waals surface area contributed by atoms with Crippen LogP contribution < -0.4 is 15.8 Å². The third-order valence-electron chi connectivity index (χ3n) is 8.64. The molecule has 45 heavy (non-hydrogen) atoms. The molecule has 0 spiro atoms. The van der Waals surface area contributed by atoms with E-state index in [1.807, 2.05) is 59.3 Å². The Morgan fingerprint density at radius 2 is 1.69 bits per heavy atom. The van der Waals surface area contributed by atoms with Crippen LogP contribution in [0.3, 0.4) is 0 Å². The van der Waals surface area contributed by atoms with Crippen LogP contribution >= 0.6 is 0 Å². The van der Waals surface area contributed by atoms with Gasteiger partial charge in [-0.15, -0.1) is 0 Å². The van der Waals surface area contributed by atoms with Crippen LogP contribution in [-0.4, -0.2) is 49.6 Å². The van der Waals surface area contributed by atoms with Crippen LogP contribution in [0, 0.1) is 5.82 Å². The number of nitrogens with zero attached hydrogens (tertiary/aromatic N) is 5. The van der Waals surface area contributed by atoms with E-state index in [9.17, 15) is 14.0 Å². The molecule has 3 aromatic carbocycles. The van der Waals surface area contributed by atoms with E-state index in [-0.39, 0.29) is 24.3 Å². The SMILES string of the molecule is Nc1ncnc2c1c(-c1ccc(Oc3ccccc3)cc1)nn2C1CCN(Cc2ccc(F)cc2C2CCC(=O)NC2=O)CC1. The number of nitrogens with one attached hydrogen (secondary N) is 1. The van der Waals surface area contributed by atoms with E-state index in [0.29, 0.717) is 35.7 Å². The Hall–Kier alpha value is -5.16. The maximum atomic E-state index is 14.3. The number of aromatic nitrogens is 4. The predicted molar refractivity (Wildman–Crippen MR) is 167 cm³/mol. The van der Waals surface area contributed by atoms with Crippen molar-refractivity contribution < 1.29 is 18.7 Å². The molecule has 1 atom stereocenters. The highest BCUT2D eigenvalue weighted by atomic mass is 19.1. The van der Waals surface area contributed by atoms with Crippen LogP contribution in [0.1, 0.15) is 48.8 Å². The summed E-state index contributed by atoms with van der Waals surface area (Å²) in [5.41, 5.74) is 10.2. The number of hydrogen-bond acceptors (Lipinski definition) is 8. The minimum Gasteiger partial charge on any atom is -0.457 e. The standard InChI is InChI=1S/C34H32FN7O3/c35-23-9-6-22(28(18-23)27-12-13-29(43)39-34(27)44)19-41-16-14-24(15-17-41)42-33-30(32(36)37-20-38-33)31(40-42)21-7-10-26(11-8-21)45-25-4-2-1-3-5-25/h1-11,18,20,24,27H,12-17,19H2,(H2,36,37,38)(H,39,43,44). The number of para-hydroxylation sites is 1. The monoisotopic (exact) mass is 605 g/mol. The minimum atomic E-state index is -0.538. The number of nitrogens with two attached hydrogens (primary N) is 1. The highest BCUT2D eigenvalue weighted by molar-refractivity contribution is 6.01. The molecule has 4 heterocycles. The number of piperidine rings is 2. The summed E-state index contributed by atoms with van der Waals surface area (Å²) in [6.07, 6.45) is 3.73. The van der Waals surface area contributed by atoms with Crippen LogP contribution in [0.2, 0.25) is 0 Å². The zero-order valence-corrected chi connectivity index (χ0v) is 24.5. The van der Waals surface area contributed by atoms with Crippen molar-refractivity contribution in [2.24, 2.45) is 0 Å². The van der Waals surface area contributed by atoms with Crippen molar-refractivity contribution >= 4 is 28.7 Å². The van der Waals surface area contributed by atoms with E-state index in [2.05, 4.69) is 20.2 Å². The Morgan fingerprint density at radius 3 is 2.44 bits per heavy atom. The number of imide groups is 1. The van der Waals surface area contributed by atoms with Crippen LogP contribution in [-0.2, 0) is 16.1 Å².